The topological polar surface area (TPSA) is 29.0 Å². The molecule has 0 spiro atoms. The fraction of sp³-hybridized carbons (Fsp3) is 0.429. The van der Waals surface area contributed by atoms with Gasteiger partial charge in [-0.05, 0) is 37.6 Å². The Labute approximate surface area is 112 Å². The van der Waals surface area contributed by atoms with Crippen molar-refractivity contribution in [2.24, 2.45) is 0 Å². The minimum atomic E-state index is 0.878. The summed E-state index contributed by atoms with van der Waals surface area (Å²) in [5.41, 5.74) is 3.17. The van der Waals surface area contributed by atoms with Crippen molar-refractivity contribution in [2.45, 2.75) is 13.8 Å². The van der Waals surface area contributed by atoms with E-state index in [1.165, 1.54) is 17.1 Å². The van der Waals surface area contributed by atoms with Crippen LogP contribution in [0.15, 0.2) is 18.2 Å². The number of thioether (sulfide) groups is 1. The zero-order chi connectivity index (χ0) is 12.5. The van der Waals surface area contributed by atoms with Crippen LogP contribution in [-0.2, 0) is 0 Å². The summed E-state index contributed by atoms with van der Waals surface area (Å²) < 4.78 is 0. The summed E-state index contributed by atoms with van der Waals surface area (Å²) in [7, 11) is 0. The van der Waals surface area contributed by atoms with Gasteiger partial charge in [0.1, 0.15) is 5.82 Å². The maximum absolute atomic E-state index is 4.73. The van der Waals surface area contributed by atoms with E-state index in [1.807, 2.05) is 18.7 Å². The molecule has 1 saturated heterocycles. The van der Waals surface area contributed by atoms with Gasteiger partial charge in [0.15, 0.2) is 5.65 Å². The highest BCUT2D eigenvalue weighted by Crippen LogP contribution is 2.22. The molecule has 0 amide bonds. The van der Waals surface area contributed by atoms with Crippen molar-refractivity contribution < 1.29 is 0 Å². The first-order valence-corrected chi connectivity index (χ1v) is 7.47. The van der Waals surface area contributed by atoms with Gasteiger partial charge < -0.3 is 4.90 Å². The van der Waals surface area contributed by atoms with Crippen LogP contribution in [0.25, 0.3) is 11.0 Å². The van der Waals surface area contributed by atoms with Crippen LogP contribution in [0.1, 0.15) is 11.3 Å². The summed E-state index contributed by atoms with van der Waals surface area (Å²) in [4.78, 5) is 11.6. The van der Waals surface area contributed by atoms with Gasteiger partial charge in [-0.2, -0.15) is 11.8 Å². The monoisotopic (exact) mass is 259 g/mol. The molecule has 3 nitrogen and oxygen atoms in total. The lowest BCUT2D eigenvalue weighted by molar-refractivity contribution is 0.841. The van der Waals surface area contributed by atoms with Gasteiger partial charge in [0, 0.05) is 35.7 Å². The molecule has 0 aliphatic carbocycles. The molecular formula is C14H17N3S. The average Bonchev–Trinajstić information content (AvgIpc) is 2.39. The van der Waals surface area contributed by atoms with Crippen molar-refractivity contribution in [1.29, 1.82) is 0 Å². The molecule has 2 aromatic rings. The molecule has 0 radical (unpaired) electrons. The van der Waals surface area contributed by atoms with E-state index in [2.05, 4.69) is 35.0 Å². The molecule has 2 aromatic heterocycles. The maximum Gasteiger partial charge on any atom is 0.162 e. The van der Waals surface area contributed by atoms with Gasteiger partial charge in [-0.3, -0.25) is 0 Å². The third-order valence-electron chi connectivity index (χ3n) is 3.33. The molecule has 1 aliphatic heterocycles. The first-order chi connectivity index (χ1) is 8.74. The molecule has 0 aromatic carbocycles. The Balaban J connectivity index is 2.04. The van der Waals surface area contributed by atoms with E-state index in [0.717, 1.165) is 35.6 Å². The summed E-state index contributed by atoms with van der Waals surface area (Å²) in [5.74, 6) is 3.46. The number of aryl methyl sites for hydroxylation is 2. The van der Waals surface area contributed by atoms with Gasteiger partial charge >= 0.3 is 0 Å². The van der Waals surface area contributed by atoms with Gasteiger partial charge in [-0.25, -0.2) is 9.97 Å². The molecule has 1 aliphatic rings. The number of rotatable bonds is 1. The van der Waals surface area contributed by atoms with Gasteiger partial charge in [0.25, 0.3) is 0 Å². The van der Waals surface area contributed by atoms with Crippen molar-refractivity contribution in [1.82, 2.24) is 9.97 Å². The second-order valence-electron chi connectivity index (χ2n) is 4.72. The molecule has 3 rings (SSSR count). The van der Waals surface area contributed by atoms with Crippen LogP contribution in [0, 0.1) is 13.8 Å². The van der Waals surface area contributed by atoms with Crippen molar-refractivity contribution in [3.8, 4) is 0 Å². The summed E-state index contributed by atoms with van der Waals surface area (Å²) in [6, 6.07) is 6.39. The van der Waals surface area contributed by atoms with E-state index < -0.39 is 0 Å². The molecule has 94 valence electrons. The molecule has 0 atom stereocenters. The van der Waals surface area contributed by atoms with Crippen molar-refractivity contribution in [3.63, 3.8) is 0 Å². The fourth-order valence-corrected chi connectivity index (χ4v) is 3.29. The molecular weight excluding hydrogens is 242 g/mol. The summed E-state index contributed by atoms with van der Waals surface area (Å²) >= 11 is 2.02. The lowest BCUT2D eigenvalue weighted by Crippen LogP contribution is -2.33. The molecule has 0 saturated carbocycles. The second kappa shape index (κ2) is 4.76. The van der Waals surface area contributed by atoms with Crippen LogP contribution in [0.2, 0.25) is 0 Å². The lowest BCUT2D eigenvalue weighted by atomic mass is 10.1. The number of nitrogens with zero attached hydrogens (tertiary/aromatic N) is 3. The van der Waals surface area contributed by atoms with Crippen LogP contribution < -0.4 is 4.90 Å². The smallest absolute Gasteiger partial charge is 0.162 e. The van der Waals surface area contributed by atoms with Crippen LogP contribution in [-0.4, -0.2) is 34.6 Å². The highest BCUT2D eigenvalue weighted by molar-refractivity contribution is 7.99. The van der Waals surface area contributed by atoms with Crippen molar-refractivity contribution >= 4 is 28.6 Å². The molecule has 0 N–H and O–H groups in total. The minimum absolute atomic E-state index is 0.878. The molecule has 0 unspecified atom stereocenters. The van der Waals surface area contributed by atoms with Gasteiger partial charge in [-0.15, -0.1) is 0 Å². The molecule has 18 heavy (non-hydrogen) atoms. The summed E-state index contributed by atoms with van der Waals surface area (Å²) in [6.45, 7) is 6.33. The number of pyridine rings is 2. The third-order valence-corrected chi connectivity index (χ3v) is 4.27. The average molecular weight is 259 g/mol. The Hall–Kier alpha value is -1.29. The zero-order valence-electron chi connectivity index (χ0n) is 10.8. The Morgan fingerprint density at radius 1 is 1.11 bits per heavy atom. The van der Waals surface area contributed by atoms with Crippen molar-refractivity contribution in [2.75, 3.05) is 29.5 Å². The SMILES string of the molecule is Cc1cc(C)c2ccc(N3CCSCC3)nc2n1. The largest absolute Gasteiger partial charge is 0.355 e. The van der Waals surface area contributed by atoms with Gasteiger partial charge in [-0.1, -0.05) is 0 Å². The first-order valence-electron chi connectivity index (χ1n) is 6.32. The van der Waals surface area contributed by atoms with Crippen LogP contribution in [0.4, 0.5) is 5.82 Å². The third kappa shape index (κ3) is 2.17. The number of fused-ring (bicyclic) bond motifs is 1. The van der Waals surface area contributed by atoms with E-state index in [9.17, 15) is 0 Å². The predicted octanol–water partition coefficient (Wildman–Crippen LogP) is 2.80. The normalized spacial score (nSPS) is 16.2. The second-order valence-corrected chi connectivity index (χ2v) is 5.95. The van der Waals surface area contributed by atoms with E-state index in [4.69, 9.17) is 4.98 Å². The number of hydrogen-bond donors (Lipinski definition) is 0. The Kier molecular flexibility index (Phi) is 3.12. The van der Waals surface area contributed by atoms with Crippen LogP contribution in [0.3, 0.4) is 0 Å². The van der Waals surface area contributed by atoms with Crippen LogP contribution in [0.5, 0.6) is 0 Å². The van der Waals surface area contributed by atoms with Crippen LogP contribution >= 0.6 is 11.8 Å². The Morgan fingerprint density at radius 2 is 1.89 bits per heavy atom. The minimum Gasteiger partial charge on any atom is -0.355 e. The summed E-state index contributed by atoms with van der Waals surface area (Å²) in [5, 5.41) is 1.16. The highest BCUT2D eigenvalue weighted by atomic mass is 32.2. The van der Waals surface area contributed by atoms with Gasteiger partial charge in [0.05, 0.1) is 0 Å². The number of anilines is 1. The quantitative estimate of drug-likeness (QED) is 0.787. The molecule has 4 heteroatoms. The molecule has 3 heterocycles. The van der Waals surface area contributed by atoms with E-state index in [-0.39, 0.29) is 0 Å². The van der Waals surface area contributed by atoms with E-state index >= 15 is 0 Å². The zero-order valence-corrected chi connectivity index (χ0v) is 11.6. The molecule has 1 fully saturated rings. The Morgan fingerprint density at radius 3 is 2.67 bits per heavy atom. The van der Waals surface area contributed by atoms with E-state index in [1.54, 1.807) is 0 Å². The highest BCUT2D eigenvalue weighted by Gasteiger charge is 2.13. The first kappa shape index (κ1) is 11.8. The standard InChI is InChI=1S/C14H17N3S/c1-10-9-11(2)15-14-12(10)3-4-13(16-14)17-5-7-18-8-6-17/h3-4,9H,5-8H2,1-2H3. The number of hydrogen-bond acceptors (Lipinski definition) is 4. The molecule has 0 bridgehead atoms. The fourth-order valence-electron chi connectivity index (χ4n) is 2.39. The Bertz CT molecular complexity index is 577. The summed E-state index contributed by atoms with van der Waals surface area (Å²) in [6.07, 6.45) is 0. The maximum atomic E-state index is 4.73. The van der Waals surface area contributed by atoms with Gasteiger partial charge in [0.2, 0.25) is 0 Å². The lowest BCUT2D eigenvalue weighted by Gasteiger charge is -2.27. The van der Waals surface area contributed by atoms with Crippen molar-refractivity contribution in [3.05, 3.63) is 29.5 Å². The predicted molar refractivity (Wildman–Crippen MR) is 78.6 cm³/mol. The van der Waals surface area contributed by atoms with E-state index in [0.29, 0.717) is 0 Å². The number of aromatic nitrogens is 2.